The highest BCUT2D eigenvalue weighted by atomic mass is 35.5. The van der Waals surface area contributed by atoms with Gasteiger partial charge < -0.3 is 15.5 Å². The summed E-state index contributed by atoms with van der Waals surface area (Å²) in [6.45, 7) is 1.89. The maximum atomic E-state index is 11.8. The molecule has 0 heterocycles. The summed E-state index contributed by atoms with van der Waals surface area (Å²) in [7, 11) is 0. The van der Waals surface area contributed by atoms with Crippen LogP contribution in [-0.2, 0) is 4.79 Å². The Hall–Kier alpha value is -0.810. The average Bonchev–Trinajstić information content (AvgIpc) is 2.34. The largest absolute Gasteiger partial charge is 0.396 e. The molecular weight excluding hydrogens is 289 g/mol. The maximum Gasteiger partial charge on any atom is 0.253 e. The van der Waals surface area contributed by atoms with Crippen LogP contribution in [0.5, 0.6) is 0 Å². The van der Waals surface area contributed by atoms with Gasteiger partial charge in [-0.15, -0.1) is 0 Å². The lowest BCUT2D eigenvalue weighted by molar-refractivity contribution is -0.130. The molecule has 0 aliphatic carbocycles. The average molecular weight is 306 g/mol. The van der Waals surface area contributed by atoms with Crippen LogP contribution in [0.2, 0.25) is 10.0 Å². The van der Waals surface area contributed by atoms with Crippen LogP contribution >= 0.6 is 23.2 Å². The van der Waals surface area contributed by atoms with Crippen molar-refractivity contribution < 1.29 is 15.0 Å². The predicted molar refractivity (Wildman–Crippen MR) is 75.3 cm³/mol. The van der Waals surface area contributed by atoms with E-state index < -0.39 is 12.0 Å². The molecule has 0 radical (unpaired) electrons. The summed E-state index contributed by atoms with van der Waals surface area (Å²) in [5, 5.41) is 22.0. The Morgan fingerprint density at radius 3 is 2.42 bits per heavy atom. The number of hydrogen-bond donors (Lipinski definition) is 3. The normalized spacial score (nSPS) is 13.9. The van der Waals surface area contributed by atoms with Crippen LogP contribution in [0.3, 0.4) is 0 Å². The Bertz CT molecular complexity index is 420. The van der Waals surface area contributed by atoms with E-state index in [9.17, 15) is 9.90 Å². The summed E-state index contributed by atoms with van der Waals surface area (Å²) < 4.78 is 0. The Morgan fingerprint density at radius 2 is 1.89 bits per heavy atom. The van der Waals surface area contributed by atoms with Gasteiger partial charge in [-0.25, -0.2) is 0 Å². The monoisotopic (exact) mass is 305 g/mol. The van der Waals surface area contributed by atoms with Gasteiger partial charge in [0.15, 0.2) is 6.10 Å². The highest BCUT2D eigenvalue weighted by molar-refractivity contribution is 6.34. The Morgan fingerprint density at radius 1 is 1.32 bits per heavy atom. The van der Waals surface area contributed by atoms with Gasteiger partial charge >= 0.3 is 0 Å². The molecule has 6 heteroatoms. The number of rotatable bonds is 6. The van der Waals surface area contributed by atoms with Gasteiger partial charge in [0.1, 0.15) is 0 Å². The summed E-state index contributed by atoms with van der Waals surface area (Å²) in [5.41, 5.74) is 0.351. The number of aliphatic hydroxyl groups is 2. The molecule has 106 valence electrons. The van der Waals surface area contributed by atoms with Crippen LogP contribution in [0.25, 0.3) is 0 Å². The lowest BCUT2D eigenvalue weighted by Gasteiger charge is -2.17. The zero-order chi connectivity index (χ0) is 14.4. The third-order valence-electron chi connectivity index (χ3n) is 2.63. The van der Waals surface area contributed by atoms with E-state index in [-0.39, 0.29) is 12.6 Å². The van der Waals surface area contributed by atoms with Crippen molar-refractivity contribution in [3.63, 3.8) is 0 Å². The standard InChI is InChI=1S/C13H17Cl2NO3/c1-8(3-2-4-17)16-13(19)12(18)9-5-10(14)7-11(15)6-9/h5-8,12,17-18H,2-4H2,1H3,(H,16,19). The minimum absolute atomic E-state index is 0.0761. The summed E-state index contributed by atoms with van der Waals surface area (Å²) in [4.78, 5) is 11.8. The quantitative estimate of drug-likeness (QED) is 0.755. The number of nitrogens with one attached hydrogen (secondary N) is 1. The second kappa shape index (κ2) is 7.70. The van der Waals surface area contributed by atoms with E-state index in [0.29, 0.717) is 28.5 Å². The SMILES string of the molecule is CC(CCCO)NC(=O)C(O)c1cc(Cl)cc(Cl)c1. The number of carbonyl (C=O) groups excluding carboxylic acids is 1. The molecule has 0 saturated carbocycles. The van der Waals surface area contributed by atoms with Crippen LogP contribution in [-0.4, -0.2) is 28.8 Å². The molecular formula is C13H17Cl2NO3. The van der Waals surface area contributed by atoms with E-state index in [2.05, 4.69) is 5.32 Å². The first-order valence-electron chi connectivity index (χ1n) is 5.99. The van der Waals surface area contributed by atoms with Gasteiger partial charge in [0, 0.05) is 22.7 Å². The summed E-state index contributed by atoms with van der Waals surface area (Å²) in [6, 6.07) is 4.40. The number of halogens is 2. The Balaban J connectivity index is 2.65. The lowest BCUT2D eigenvalue weighted by atomic mass is 10.1. The Labute approximate surface area is 122 Å². The minimum atomic E-state index is -1.31. The van der Waals surface area contributed by atoms with Gasteiger partial charge in [0.05, 0.1) is 0 Å². The van der Waals surface area contributed by atoms with Crippen molar-refractivity contribution in [1.29, 1.82) is 0 Å². The number of amides is 1. The fourth-order valence-electron chi connectivity index (χ4n) is 1.68. The van der Waals surface area contributed by atoms with Crippen LogP contribution in [0.4, 0.5) is 0 Å². The summed E-state index contributed by atoms with van der Waals surface area (Å²) in [6.07, 6.45) is -0.0704. The molecule has 0 saturated heterocycles. The van der Waals surface area contributed by atoms with Crippen molar-refractivity contribution in [3.05, 3.63) is 33.8 Å². The highest BCUT2D eigenvalue weighted by Crippen LogP contribution is 2.23. The van der Waals surface area contributed by atoms with Crippen molar-refractivity contribution in [2.45, 2.75) is 31.9 Å². The number of hydrogen-bond acceptors (Lipinski definition) is 3. The zero-order valence-corrected chi connectivity index (χ0v) is 12.1. The summed E-state index contributed by atoms with van der Waals surface area (Å²) in [5.74, 6) is -0.510. The van der Waals surface area contributed by atoms with Gasteiger partial charge in [-0.2, -0.15) is 0 Å². The molecule has 0 spiro atoms. The van der Waals surface area contributed by atoms with E-state index in [1.807, 2.05) is 6.92 Å². The molecule has 0 aliphatic heterocycles. The van der Waals surface area contributed by atoms with E-state index >= 15 is 0 Å². The molecule has 19 heavy (non-hydrogen) atoms. The first-order chi connectivity index (χ1) is 8.93. The van der Waals surface area contributed by atoms with Crippen LogP contribution in [0.15, 0.2) is 18.2 Å². The second-order valence-electron chi connectivity index (χ2n) is 4.38. The van der Waals surface area contributed by atoms with Gasteiger partial charge in [-0.1, -0.05) is 23.2 Å². The van der Waals surface area contributed by atoms with Gasteiger partial charge in [0.2, 0.25) is 0 Å². The van der Waals surface area contributed by atoms with E-state index in [1.165, 1.54) is 18.2 Å². The molecule has 1 aromatic carbocycles. The molecule has 0 bridgehead atoms. The third-order valence-corrected chi connectivity index (χ3v) is 3.07. The summed E-state index contributed by atoms with van der Waals surface area (Å²) >= 11 is 11.6. The molecule has 1 amide bonds. The molecule has 1 rings (SSSR count). The minimum Gasteiger partial charge on any atom is -0.396 e. The van der Waals surface area contributed by atoms with Gasteiger partial charge in [-0.05, 0) is 43.5 Å². The van der Waals surface area contributed by atoms with Crippen molar-refractivity contribution in [2.75, 3.05) is 6.61 Å². The van der Waals surface area contributed by atoms with Crippen LogP contribution in [0.1, 0.15) is 31.4 Å². The smallest absolute Gasteiger partial charge is 0.253 e. The van der Waals surface area contributed by atoms with E-state index in [1.54, 1.807) is 0 Å². The lowest BCUT2D eigenvalue weighted by Crippen LogP contribution is -2.36. The highest BCUT2D eigenvalue weighted by Gasteiger charge is 2.19. The van der Waals surface area contributed by atoms with Crippen molar-refractivity contribution in [2.24, 2.45) is 0 Å². The first kappa shape index (κ1) is 16.2. The molecule has 3 N–H and O–H groups in total. The van der Waals surface area contributed by atoms with Gasteiger partial charge in [0.25, 0.3) is 5.91 Å². The fraction of sp³-hybridized carbons (Fsp3) is 0.462. The maximum absolute atomic E-state index is 11.8. The number of benzene rings is 1. The molecule has 2 unspecified atom stereocenters. The molecule has 1 aromatic rings. The van der Waals surface area contributed by atoms with Crippen LogP contribution in [0, 0.1) is 0 Å². The van der Waals surface area contributed by atoms with Crippen molar-refractivity contribution in [3.8, 4) is 0 Å². The fourth-order valence-corrected chi connectivity index (χ4v) is 2.22. The molecule has 0 fully saturated rings. The first-order valence-corrected chi connectivity index (χ1v) is 6.75. The number of aliphatic hydroxyl groups excluding tert-OH is 2. The van der Waals surface area contributed by atoms with Crippen molar-refractivity contribution in [1.82, 2.24) is 5.32 Å². The van der Waals surface area contributed by atoms with Crippen molar-refractivity contribution >= 4 is 29.1 Å². The van der Waals surface area contributed by atoms with E-state index in [4.69, 9.17) is 28.3 Å². The van der Waals surface area contributed by atoms with Crippen LogP contribution < -0.4 is 5.32 Å². The molecule has 0 aromatic heterocycles. The molecule has 4 nitrogen and oxygen atoms in total. The molecule has 0 aliphatic rings. The van der Waals surface area contributed by atoms with E-state index in [0.717, 1.165) is 0 Å². The zero-order valence-electron chi connectivity index (χ0n) is 10.6. The molecule has 2 atom stereocenters. The van der Waals surface area contributed by atoms with Gasteiger partial charge in [-0.3, -0.25) is 4.79 Å². The number of carbonyl (C=O) groups is 1. The third kappa shape index (κ3) is 5.37. The predicted octanol–water partition coefficient (Wildman–Crippen LogP) is 2.30. The topological polar surface area (TPSA) is 69.6 Å². The Kier molecular flexibility index (Phi) is 6.58. The second-order valence-corrected chi connectivity index (χ2v) is 5.25.